The molecule has 4 nitrogen and oxygen atoms in total. The fourth-order valence-electron chi connectivity index (χ4n) is 2.08. The molecule has 0 atom stereocenters. The molecule has 1 aromatic heterocycles. The number of nitrogens with zero attached hydrogens (tertiary/aromatic N) is 2. The van der Waals surface area contributed by atoms with Gasteiger partial charge in [-0.25, -0.2) is 4.98 Å². The van der Waals surface area contributed by atoms with Crippen molar-refractivity contribution in [3.05, 3.63) is 63.5 Å². The second-order valence-electron chi connectivity index (χ2n) is 4.77. The predicted molar refractivity (Wildman–Crippen MR) is 102 cm³/mol. The maximum atomic E-state index is 6.21. The topological polar surface area (TPSA) is 46.5 Å². The first-order valence-corrected chi connectivity index (χ1v) is 8.64. The molecular weight excluding hydrogens is 365 g/mol. The minimum atomic E-state index is 0.567. The van der Waals surface area contributed by atoms with E-state index in [2.05, 4.69) is 15.5 Å². The standard InChI is InChI=1S/C17H13Cl2N3OS/c1-23-16-5-3-2-4-11(16)9-20-22-17-21-15(10-24-17)13-7-6-12(18)8-14(13)19/h2-10H,1H3,(H,21,22)/b20-9+. The van der Waals surface area contributed by atoms with E-state index >= 15 is 0 Å². The van der Waals surface area contributed by atoms with Crippen molar-refractivity contribution in [2.45, 2.75) is 0 Å². The van der Waals surface area contributed by atoms with Gasteiger partial charge in [-0.3, -0.25) is 5.43 Å². The Labute approximate surface area is 153 Å². The third-order valence-electron chi connectivity index (χ3n) is 3.21. The molecule has 0 radical (unpaired) electrons. The van der Waals surface area contributed by atoms with Crippen LogP contribution in [0.25, 0.3) is 11.3 Å². The Bertz CT molecular complexity index is 880. The minimum Gasteiger partial charge on any atom is -0.496 e. The zero-order valence-corrected chi connectivity index (χ0v) is 15.0. The number of methoxy groups -OCH3 is 1. The van der Waals surface area contributed by atoms with Gasteiger partial charge >= 0.3 is 0 Å². The Kier molecular flexibility index (Phi) is 5.35. The monoisotopic (exact) mass is 377 g/mol. The number of hydrazone groups is 1. The number of ether oxygens (including phenoxy) is 1. The summed E-state index contributed by atoms with van der Waals surface area (Å²) in [5.74, 6) is 0.760. The molecule has 0 saturated carbocycles. The van der Waals surface area contributed by atoms with Gasteiger partial charge in [0.1, 0.15) is 5.75 Å². The summed E-state index contributed by atoms with van der Waals surface area (Å²) in [6.07, 6.45) is 1.69. The van der Waals surface area contributed by atoms with Crippen molar-refractivity contribution in [3.8, 4) is 17.0 Å². The molecule has 2 aromatic carbocycles. The quantitative estimate of drug-likeness (QED) is 0.466. The van der Waals surface area contributed by atoms with Crippen LogP contribution in [0.1, 0.15) is 5.56 Å². The summed E-state index contributed by atoms with van der Waals surface area (Å²) in [4.78, 5) is 4.48. The number of para-hydroxylation sites is 1. The molecule has 0 aliphatic rings. The molecule has 3 rings (SSSR count). The van der Waals surface area contributed by atoms with E-state index in [9.17, 15) is 0 Å². The van der Waals surface area contributed by atoms with Crippen molar-refractivity contribution < 1.29 is 4.74 Å². The third kappa shape index (κ3) is 3.87. The Balaban J connectivity index is 1.73. The molecule has 24 heavy (non-hydrogen) atoms. The highest BCUT2D eigenvalue weighted by atomic mass is 35.5. The van der Waals surface area contributed by atoms with Gasteiger partial charge in [0.25, 0.3) is 0 Å². The molecule has 0 aliphatic carbocycles. The lowest BCUT2D eigenvalue weighted by Crippen LogP contribution is -1.93. The highest BCUT2D eigenvalue weighted by Gasteiger charge is 2.08. The molecule has 0 unspecified atom stereocenters. The number of hydrogen-bond donors (Lipinski definition) is 1. The van der Waals surface area contributed by atoms with Gasteiger partial charge in [-0.05, 0) is 30.3 Å². The van der Waals surface area contributed by atoms with Crippen LogP contribution in [0, 0.1) is 0 Å². The lowest BCUT2D eigenvalue weighted by molar-refractivity contribution is 0.414. The zero-order chi connectivity index (χ0) is 16.9. The van der Waals surface area contributed by atoms with E-state index in [1.807, 2.05) is 35.7 Å². The van der Waals surface area contributed by atoms with Gasteiger partial charge in [-0.1, -0.05) is 35.3 Å². The SMILES string of the molecule is COc1ccccc1/C=N/Nc1nc(-c2ccc(Cl)cc2Cl)cs1. The molecular formula is C17H13Cl2N3OS. The van der Waals surface area contributed by atoms with E-state index < -0.39 is 0 Å². The second kappa shape index (κ2) is 7.66. The van der Waals surface area contributed by atoms with Crippen LogP contribution in [0.2, 0.25) is 10.0 Å². The van der Waals surface area contributed by atoms with E-state index in [4.69, 9.17) is 27.9 Å². The highest BCUT2D eigenvalue weighted by molar-refractivity contribution is 7.14. The van der Waals surface area contributed by atoms with Crippen LogP contribution in [0.15, 0.2) is 52.9 Å². The summed E-state index contributed by atoms with van der Waals surface area (Å²) in [5, 5.41) is 7.95. The Hall–Kier alpha value is -2.08. The van der Waals surface area contributed by atoms with E-state index in [1.54, 1.807) is 25.5 Å². The lowest BCUT2D eigenvalue weighted by Gasteiger charge is -2.02. The van der Waals surface area contributed by atoms with Crippen molar-refractivity contribution in [2.24, 2.45) is 5.10 Å². The summed E-state index contributed by atoms with van der Waals surface area (Å²) in [5.41, 5.74) is 5.40. The van der Waals surface area contributed by atoms with Crippen LogP contribution in [-0.2, 0) is 0 Å². The maximum Gasteiger partial charge on any atom is 0.203 e. The molecule has 1 N–H and O–H groups in total. The van der Waals surface area contributed by atoms with Crippen molar-refractivity contribution >= 4 is 45.9 Å². The van der Waals surface area contributed by atoms with Crippen LogP contribution in [0.4, 0.5) is 5.13 Å². The number of thiazole rings is 1. The molecule has 0 amide bonds. The normalized spacial score (nSPS) is 11.0. The number of anilines is 1. The summed E-state index contributed by atoms with van der Waals surface area (Å²) in [6, 6.07) is 13.0. The summed E-state index contributed by atoms with van der Waals surface area (Å²) < 4.78 is 5.28. The smallest absolute Gasteiger partial charge is 0.203 e. The van der Waals surface area contributed by atoms with Gasteiger partial charge in [0.2, 0.25) is 5.13 Å². The van der Waals surface area contributed by atoms with Gasteiger partial charge in [0.15, 0.2) is 0 Å². The Morgan fingerprint density at radius 2 is 2.04 bits per heavy atom. The maximum absolute atomic E-state index is 6.21. The summed E-state index contributed by atoms with van der Waals surface area (Å²) in [7, 11) is 1.63. The van der Waals surface area contributed by atoms with Gasteiger partial charge in [-0.2, -0.15) is 5.10 Å². The Morgan fingerprint density at radius 1 is 1.21 bits per heavy atom. The first-order valence-electron chi connectivity index (χ1n) is 7.00. The average molecular weight is 378 g/mol. The fourth-order valence-corrected chi connectivity index (χ4v) is 3.24. The number of rotatable bonds is 5. The number of nitrogens with one attached hydrogen (secondary N) is 1. The van der Waals surface area contributed by atoms with Crippen molar-refractivity contribution in [1.82, 2.24) is 4.98 Å². The van der Waals surface area contributed by atoms with Crippen LogP contribution in [0.5, 0.6) is 5.75 Å². The van der Waals surface area contributed by atoms with E-state index in [1.165, 1.54) is 11.3 Å². The van der Waals surface area contributed by atoms with E-state index in [0.717, 1.165) is 22.6 Å². The van der Waals surface area contributed by atoms with Crippen molar-refractivity contribution in [2.75, 3.05) is 12.5 Å². The van der Waals surface area contributed by atoms with Crippen LogP contribution < -0.4 is 10.2 Å². The van der Waals surface area contributed by atoms with E-state index in [-0.39, 0.29) is 0 Å². The van der Waals surface area contributed by atoms with Gasteiger partial charge in [0, 0.05) is 21.5 Å². The molecule has 1 heterocycles. The average Bonchev–Trinajstić information content (AvgIpc) is 3.04. The van der Waals surface area contributed by atoms with Crippen molar-refractivity contribution in [1.29, 1.82) is 0 Å². The predicted octanol–water partition coefficient (Wildman–Crippen LogP) is 5.57. The van der Waals surface area contributed by atoms with Crippen LogP contribution >= 0.6 is 34.5 Å². The zero-order valence-electron chi connectivity index (χ0n) is 12.7. The molecule has 0 aliphatic heterocycles. The largest absolute Gasteiger partial charge is 0.496 e. The second-order valence-corrected chi connectivity index (χ2v) is 6.48. The number of benzene rings is 2. The number of hydrogen-bond acceptors (Lipinski definition) is 5. The first kappa shape index (κ1) is 16.8. The van der Waals surface area contributed by atoms with Gasteiger partial charge in [0.05, 0.1) is 24.0 Å². The minimum absolute atomic E-state index is 0.567. The van der Waals surface area contributed by atoms with Crippen molar-refractivity contribution in [3.63, 3.8) is 0 Å². The third-order valence-corrected chi connectivity index (χ3v) is 4.51. The first-order chi connectivity index (χ1) is 11.7. The number of aromatic nitrogens is 1. The number of halogens is 2. The summed E-state index contributed by atoms with van der Waals surface area (Å²) in [6.45, 7) is 0. The molecule has 0 saturated heterocycles. The molecule has 7 heteroatoms. The van der Waals surface area contributed by atoms with Gasteiger partial charge < -0.3 is 4.74 Å². The van der Waals surface area contributed by atoms with Gasteiger partial charge in [-0.15, -0.1) is 11.3 Å². The molecule has 122 valence electrons. The molecule has 0 bridgehead atoms. The highest BCUT2D eigenvalue weighted by Crippen LogP contribution is 2.32. The van der Waals surface area contributed by atoms with Crippen LogP contribution in [-0.4, -0.2) is 18.3 Å². The lowest BCUT2D eigenvalue weighted by atomic mass is 10.2. The molecule has 3 aromatic rings. The fraction of sp³-hybridized carbons (Fsp3) is 0.0588. The Morgan fingerprint density at radius 3 is 2.83 bits per heavy atom. The molecule has 0 spiro atoms. The van der Waals surface area contributed by atoms with Crippen LogP contribution in [0.3, 0.4) is 0 Å². The summed E-state index contributed by atoms with van der Waals surface area (Å²) >= 11 is 13.6. The molecule has 0 fully saturated rings. The van der Waals surface area contributed by atoms with E-state index in [0.29, 0.717) is 15.2 Å².